The summed E-state index contributed by atoms with van der Waals surface area (Å²) in [6.07, 6.45) is 3.46. The number of carbonyl (C=O) groups excluding carboxylic acids is 1. The van der Waals surface area contributed by atoms with E-state index in [1.807, 2.05) is 6.07 Å². The quantitative estimate of drug-likeness (QED) is 0.502. The largest absolute Gasteiger partial charge is 1.00 e. The van der Waals surface area contributed by atoms with Crippen LogP contribution in [0.1, 0.15) is 0 Å². The van der Waals surface area contributed by atoms with Gasteiger partial charge in [0, 0.05) is 12.1 Å². The van der Waals surface area contributed by atoms with Gasteiger partial charge in [-0.3, -0.25) is 4.79 Å². The molecule has 0 fully saturated rings. The molecular formula is C8H7BrCl3NO. The zero-order valence-corrected chi connectivity index (χ0v) is 10.8. The Morgan fingerprint density at radius 1 is 1.14 bits per heavy atom. The summed E-state index contributed by atoms with van der Waals surface area (Å²) in [5.41, 5.74) is 0. The predicted octanol–water partition coefficient (Wildman–Crippen LogP) is -1.08. The molecule has 14 heavy (non-hydrogen) atoms. The number of alkyl halides is 3. The van der Waals surface area contributed by atoms with Crippen molar-refractivity contribution in [1.82, 2.24) is 0 Å². The van der Waals surface area contributed by atoms with Gasteiger partial charge in [0.15, 0.2) is 12.4 Å². The molecule has 0 atom stereocenters. The first kappa shape index (κ1) is 14.2. The van der Waals surface area contributed by atoms with Crippen LogP contribution in [0.2, 0.25) is 0 Å². The van der Waals surface area contributed by atoms with E-state index in [4.69, 9.17) is 34.8 Å². The number of nitrogens with zero attached hydrogens (tertiary/aromatic N) is 1. The zero-order valence-electron chi connectivity index (χ0n) is 6.96. The standard InChI is InChI=1S/C8H7Cl3NO.BrH/c9-8(10,11)7(13)6-12-4-2-1-3-5-12;/h1-5H,6H2;1H/q+1;/p-1. The highest BCUT2D eigenvalue weighted by Crippen LogP contribution is 2.26. The molecule has 0 unspecified atom stereocenters. The van der Waals surface area contributed by atoms with Gasteiger partial charge >= 0.3 is 0 Å². The van der Waals surface area contributed by atoms with Crippen molar-refractivity contribution < 1.29 is 26.3 Å². The summed E-state index contributed by atoms with van der Waals surface area (Å²) >= 11 is 16.2. The van der Waals surface area contributed by atoms with Crippen LogP contribution >= 0.6 is 34.8 Å². The molecule has 0 saturated heterocycles. The first-order valence-electron chi connectivity index (χ1n) is 3.54. The van der Waals surface area contributed by atoms with Crippen LogP contribution in [-0.4, -0.2) is 9.58 Å². The molecule has 1 heterocycles. The molecule has 0 aliphatic carbocycles. The predicted molar refractivity (Wildman–Crippen MR) is 51.9 cm³/mol. The van der Waals surface area contributed by atoms with E-state index in [1.54, 1.807) is 29.1 Å². The highest BCUT2D eigenvalue weighted by molar-refractivity contribution is 6.76. The van der Waals surface area contributed by atoms with E-state index < -0.39 is 9.58 Å². The normalized spacial score (nSPS) is 10.5. The van der Waals surface area contributed by atoms with Gasteiger partial charge in [0.2, 0.25) is 12.3 Å². The second-order valence-electron chi connectivity index (χ2n) is 2.47. The Balaban J connectivity index is 0.00000169. The number of carbonyl (C=O) groups is 1. The molecule has 1 aromatic heterocycles. The minimum atomic E-state index is -1.83. The summed E-state index contributed by atoms with van der Waals surface area (Å²) in [6.45, 7) is 0.0668. The van der Waals surface area contributed by atoms with Crippen LogP contribution in [0.3, 0.4) is 0 Å². The molecule has 0 aromatic carbocycles. The van der Waals surface area contributed by atoms with E-state index in [0.29, 0.717) is 0 Å². The fourth-order valence-corrected chi connectivity index (χ4v) is 0.974. The Labute approximate surface area is 108 Å². The minimum Gasteiger partial charge on any atom is -1.00 e. The molecule has 6 heteroatoms. The first-order chi connectivity index (χ1) is 6.00. The van der Waals surface area contributed by atoms with Crippen LogP contribution in [-0.2, 0) is 11.3 Å². The molecule has 0 aliphatic heterocycles. The fraction of sp³-hybridized carbons (Fsp3) is 0.250. The van der Waals surface area contributed by atoms with E-state index in [1.165, 1.54) is 0 Å². The third-order valence-electron chi connectivity index (χ3n) is 1.42. The number of rotatable bonds is 2. The fourth-order valence-electron chi connectivity index (χ4n) is 0.795. The average Bonchev–Trinajstić information content (AvgIpc) is 2.04. The molecule has 0 amide bonds. The number of hydrogen-bond donors (Lipinski definition) is 0. The van der Waals surface area contributed by atoms with Crippen molar-refractivity contribution in [2.24, 2.45) is 0 Å². The molecule has 0 radical (unpaired) electrons. The van der Waals surface area contributed by atoms with Gasteiger partial charge in [0.05, 0.1) is 0 Å². The van der Waals surface area contributed by atoms with Crippen molar-refractivity contribution in [3.8, 4) is 0 Å². The van der Waals surface area contributed by atoms with Gasteiger partial charge in [-0.15, -0.1) is 0 Å². The van der Waals surface area contributed by atoms with Gasteiger partial charge in [-0.25, -0.2) is 0 Å². The number of aromatic nitrogens is 1. The summed E-state index contributed by atoms with van der Waals surface area (Å²) in [6, 6.07) is 5.44. The summed E-state index contributed by atoms with van der Waals surface area (Å²) in [5, 5.41) is 0. The number of halogens is 4. The number of hydrogen-bond acceptors (Lipinski definition) is 1. The Bertz CT molecular complexity index is 299. The molecule has 0 bridgehead atoms. The van der Waals surface area contributed by atoms with Crippen LogP contribution in [0.25, 0.3) is 0 Å². The van der Waals surface area contributed by atoms with Gasteiger partial charge in [0.25, 0.3) is 3.79 Å². The third kappa shape index (κ3) is 4.60. The van der Waals surface area contributed by atoms with Gasteiger partial charge < -0.3 is 17.0 Å². The van der Waals surface area contributed by atoms with E-state index in [9.17, 15) is 4.79 Å². The lowest BCUT2D eigenvalue weighted by atomic mass is 10.4. The van der Waals surface area contributed by atoms with E-state index >= 15 is 0 Å². The molecule has 0 saturated carbocycles. The van der Waals surface area contributed by atoms with Crippen molar-refractivity contribution in [1.29, 1.82) is 0 Å². The summed E-state index contributed by atoms with van der Waals surface area (Å²) < 4.78 is -0.187. The average molecular weight is 319 g/mol. The van der Waals surface area contributed by atoms with Crippen molar-refractivity contribution >= 4 is 40.6 Å². The monoisotopic (exact) mass is 317 g/mol. The van der Waals surface area contributed by atoms with Crippen molar-refractivity contribution in [2.75, 3.05) is 0 Å². The van der Waals surface area contributed by atoms with Gasteiger partial charge in [0.1, 0.15) is 0 Å². The highest BCUT2D eigenvalue weighted by atomic mass is 79.9. The first-order valence-corrected chi connectivity index (χ1v) is 4.67. The highest BCUT2D eigenvalue weighted by Gasteiger charge is 2.32. The maximum Gasteiger partial charge on any atom is 0.255 e. The van der Waals surface area contributed by atoms with E-state index in [0.717, 1.165) is 0 Å². The lowest BCUT2D eigenvalue weighted by Crippen LogP contribution is -3.00. The summed E-state index contributed by atoms with van der Waals surface area (Å²) in [4.78, 5) is 11.2. The molecule has 1 rings (SSSR count). The van der Waals surface area contributed by atoms with E-state index in [-0.39, 0.29) is 23.5 Å². The number of Topliss-reactive ketones (excluding diaryl/α,β-unsaturated/α-hetero) is 1. The maximum atomic E-state index is 11.2. The molecule has 0 spiro atoms. The van der Waals surface area contributed by atoms with Crippen LogP contribution in [0.5, 0.6) is 0 Å². The topological polar surface area (TPSA) is 20.9 Å². The molecule has 0 N–H and O–H groups in total. The molecule has 78 valence electrons. The van der Waals surface area contributed by atoms with Gasteiger partial charge in [-0.1, -0.05) is 40.9 Å². The maximum absolute atomic E-state index is 11.2. The lowest BCUT2D eigenvalue weighted by Gasteiger charge is -2.05. The van der Waals surface area contributed by atoms with Crippen molar-refractivity contribution in [2.45, 2.75) is 10.3 Å². The Hall–Kier alpha value is 0.170. The second-order valence-corrected chi connectivity index (χ2v) is 4.75. The van der Waals surface area contributed by atoms with Crippen LogP contribution in [0, 0.1) is 0 Å². The smallest absolute Gasteiger partial charge is 0.255 e. The van der Waals surface area contributed by atoms with Crippen LogP contribution in [0.15, 0.2) is 30.6 Å². The molecule has 1 aromatic rings. The van der Waals surface area contributed by atoms with Gasteiger partial charge in [-0.2, -0.15) is 4.57 Å². The lowest BCUT2D eigenvalue weighted by molar-refractivity contribution is -0.684. The Morgan fingerprint density at radius 2 is 1.64 bits per heavy atom. The number of pyridine rings is 1. The van der Waals surface area contributed by atoms with Crippen molar-refractivity contribution in [3.05, 3.63) is 30.6 Å². The minimum absolute atomic E-state index is 0. The second kappa shape index (κ2) is 5.91. The summed E-state index contributed by atoms with van der Waals surface area (Å²) in [5.74, 6) is -0.450. The third-order valence-corrected chi connectivity index (χ3v) is 2.05. The molecule has 2 nitrogen and oxygen atoms in total. The Morgan fingerprint density at radius 3 is 2.07 bits per heavy atom. The Kier molecular flexibility index (Phi) is 5.98. The van der Waals surface area contributed by atoms with Gasteiger partial charge in [-0.05, 0) is 0 Å². The molecular weight excluding hydrogens is 312 g/mol. The van der Waals surface area contributed by atoms with Crippen molar-refractivity contribution in [3.63, 3.8) is 0 Å². The summed E-state index contributed by atoms with van der Waals surface area (Å²) in [7, 11) is 0. The SMILES string of the molecule is O=C(C[n+]1ccccc1)C(Cl)(Cl)Cl.[Br-]. The molecule has 0 aliphatic rings. The van der Waals surface area contributed by atoms with Crippen LogP contribution < -0.4 is 21.5 Å². The van der Waals surface area contributed by atoms with Crippen LogP contribution in [0.4, 0.5) is 0 Å². The van der Waals surface area contributed by atoms with E-state index in [2.05, 4.69) is 0 Å². The zero-order chi connectivity index (χ0) is 9.90. The number of ketones is 1.